The van der Waals surface area contributed by atoms with E-state index in [9.17, 15) is 4.79 Å². The van der Waals surface area contributed by atoms with Gasteiger partial charge in [-0.25, -0.2) is 0 Å². The molecule has 0 spiro atoms. The first-order valence-corrected chi connectivity index (χ1v) is 6.73. The number of hydrogen-bond acceptors (Lipinski definition) is 4. The summed E-state index contributed by atoms with van der Waals surface area (Å²) >= 11 is 0. The molecule has 1 heterocycles. The average Bonchev–Trinajstić information content (AvgIpc) is 2.53. The molecular weight excluding hydrogens is 256 g/mol. The summed E-state index contributed by atoms with van der Waals surface area (Å²) in [5.41, 5.74) is 0.497. The number of carbonyl (C=O) groups is 1. The van der Waals surface area contributed by atoms with Crippen LogP contribution >= 0.6 is 0 Å². The second-order valence-corrected chi connectivity index (χ2v) is 4.71. The first-order chi connectivity index (χ1) is 9.74. The van der Waals surface area contributed by atoms with E-state index in [2.05, 4.69) is 0 Å². The van der Waals surface area contributed by atoms with Gasteiger partial charge < -0.3 is 14.4 Å². The van der Waals surface area contributed by atoms with E-state index < -0.39 is 0 Å². The lowest BCUT2D eigenvalue weighted by Gasteiger charge is -2.26. The Bertz CT molecular complexity index is 516. The zero-order valence-electron chi connectivity index (χ0n) is 11.6. The Morgan fingerprint density at radius 3 is 2.70 bits per heavy atom. The highest BCUT2D eigenvalue weighted by Gasteiger charge is 2.17. The maximum atomic E-state index is 12.0. The van der Waals surface area contributed by atoms with Crippen LogP contribution in [0.3, 0.4) is 0 Å². The molecule has 0 N–H and O–H groups in total. The minimum absolute atomic E-state index is 0.00224. The summed E-state index contributed by atoms with van der Waals surface area (Å²) in [5.74, 6) is 0.948. The van der Waals surface area contributed by atoms with Gasteiger partial charge in [-0.1, -0.05) is 0 Å². The topological polar surface area (TPSA) is 62.6 Å². The number of piperidine rings is 1. The molecule has 0 saturated carbocycles. The summed E-state index contributed by atoms with van der Waals surface area (Å²) in [6, 6.07) is 6.93. The number of rotatable bonds is 4. The monoisotopic (exact) mass is 274 g/mol. The van der Waals surface area contributed by atoms with Crippen LogP contribution in [0.5, 0.6) is 11.5 Å². The van der Waals surface area contributed by atoms with Gasteiger partial charge in [0.25, 0.3) is 5.91 Å². The predicted octanol–water partition coefficient (Wildman–Crippen LogP) is 1.96. The van der Waals surface area contributed by atoms with E-state index in [1.807, 2.05) is 11.0 Å². The van der Waals surface area contributed by atoms with Crippen molar-refractivity contribution < 1.29 is 14.3 Å². The molecule has 1 aromatic rings. The van der Waals surface area contributed by atoms with Gasteiger partial charge in [0.1, 0.15) is 0 Å². The standard InChI is InChI=1S/C15H18N2O3/c1-19-14-9-12(10-16)5-6-13(14)20-11-15(18)17-7-3-2-4-8-17/h5-6,9H,2-4,7-8,11H2,1H3. The molecule has 106 valence electrons. The van der Waals surface area contributed by atoms with Crippen molar-refractivity contribution in [1.82, 2.24) is 4.90 Å². The third-order valence-corrected chi connectivity index (χ3v) is 3.35. The molecule has 1 amide bonds. The molecule has 5 heteroatoms. The molecule has 1 fully saturated rings. The van der Waals surface area contributed by atoms with Gasteiger partial charge in [-0.15, -0.1) is 0 Å². The summed E-state index contributed by atoms with van der Waals surface area (Å²) in [6.07, 6.45) is 3.31. The molecule has 0 radical (unpaired) electrons. The molecule has 1 aliphatic heterocycles. The fourth-order valence-corrected chi connectivity index (χ4v) is 2.23. The van der Waals surface area contributed by atoms with Crippen molar-refractivity contribution in [2.24, 2.45) is 0 Å². The Morgan fingerprint density at radius 2 is 2.05 bits per heavy atom. The predicted molar refractivity (Wildman–Crippen MR) is 73.6 cm³/mol. The number of carbonyl (C=O) groups excluding carboxylic acids is 1. The molecular formula is C15H18N2O3. The van der Waals surface area contributed by atoms with Crippen molar-refractivity contribution in [1.29, 1.82) is 5.26 Å². The molecule has 0 bridgehead atoms. The van der Waals surface area contributed by atoms with Crippen molar-refractivity contribution in [3.63, 3.8) is 0 Å². The van der Waals surface area contributed by atoms with E-state index in [0.717, 1.165) is 25.9 Å². The van der Waals surface area contributed by atoms with Gasteiger partial charge in [-0.2, -0.15) is 5.26 Å². The van der Waals surface area contributed by atoms with Gasteiger partial charge >= 0.3 is 0 Å². The Kier molecular flexibility index (Phi) is 4.83. The summed E-state index contributed by atoms with van der Waals surface area (Å²) in [7, 11) is 1.51. The fourth-order valence-electron chi connectivity index (χ4n) is 2.23. The van der Waals surface area contributed by atoms with Crippen LogP contribution in [0.4, 0.5) is 0 Å². The van der Waals surface area contributed by atoms with E-state index in [1.165, 1.54) is 13.5 Å². The molecule has 1 aliphatic rings. The van der Waals surface area contributed by atoms with Crippen molar-refractivity contribution in [3.05, 3.63) is 23.8 Å². The Balaban J connectivity index is 1.96. The van der Waals surface area contributed by atoms with E-state index in [0.29, 0.717) is 17.1 Å². The van der Waals surface area contributed by atoms with Crippen LogP contribution in [0, 0.1) is 11.3 Å². The average molecular weight is 274 g/mol. The quantitative estimate of drug-likeness (QED) is 0.842. The third kappa shape index (κ3) is 3.41. The minimum atomic E-state index is -0.00360. The highest BCUT2D eigenvalue weighted by molar-refractivity contribution is 5.78. The van der Waals surface area contributed by atoms with Crippen LogP contribution in [0.25, 0.3) is 0 Å². The van der Waals surface area contributed by atoms with Crippen LogP contribution in [-0.4, -0.2) is 37.6 Å². The molecule has 0 aromatic heterocycles. The summed E-state index contributed by atoms with van der Waals surface area (Å²) in [4.78, 5) is 13.8. The summed E-state index contributed by atoms with van der Waals surface area (Å²) in [5, 5.41) is 8.83. The molecule has 1 aromatic carbocycles. The Morgan fingerprint density at radius 1 is 1.30 bits per heavy atom. The van der Waals surface area contributed by atoms with Crippen LogP contribution in [-0.2, 0) is 4.79 Å². The zero-order valence-corrected chi connectivity index (χ0v) is 11.6. The lowest BCUT2D eigenvalue weighted by atomic mass is 10.1. The second kappa shape index (κ2) is 6.80. The number of nitriles is 1. The molecule has 0 atom stereocenters. The summed E-state index contributed by atoms with van der Waals surface area (Å²) in [6.45, 7) is 1.63. The number of nitrogens with zero attached hydrogens (tertiary/aromatic N) is 2. The van der Waals surface area contributed by atoms with Crippen LogP contribution in [0.2, 0.25) is 0 Å². The van der Waals surface area contributed by atoms with E-state index in [1.54, 1.807) is 18.2 Å². The van der Waals surface area contributed by atoms with Gasteiger partial charge in [0.2, 0.25) is 0 Å². The highest BCUT2D eigenvalue weighted by atomic mass is 16.5. The van der Waals surface area contributed by atoms with Crippen LogP contribution in [0.1, 0.15) is 24.8 Å². The molecule has 2 rings (SSSR count). The maximum absolute atomic E-state index is 12.0. The fraction of sp³-hybridized carbons (Fsp3) is 0.467. The van der Waals surface area contributed by atoms with Crippen LogP contribution < -0.4 is 9.47 Å². The van der Waals surface area contributed by atoms with Gasteiger partial charge in [0, 0.05) is 19.2 Å². The SMILES string of the molecule is COc1cc(C#N)ccc1OCC(=O)N1CCCCC1. The van der Waals surface area contributed by atoms with Gasteiger partial charge in [-0.05, 0) is 31.4 Å². The number of benzene rings is 1. The van der Waals surface area contributed by atoms with Crippen molar-refractivity contribution in [2.45, 2.75) is 19.3 Å². The van der Waals surface area contributed by atoms with E-state index >= 15 is 0 Å². The Labute approximate surface area is 118 Å². The van der Waals surface area contributed by atoms with E-state index in [4.69, 9.17) is 14.7 Å². The second-order valence-electron chi connectivity index (χ2n) is 4.71. The molecule has 0 unspecified atom stereocenters. The first kappa shape index (κ1) is 14.2. The lowest BCUT2D eigenvalue weighted by Crippen LogP contribution is -2.38. The largest absolute Gasteiger partial charge is 0.493 e. The maximum Gasteiger partial charge on any atom is 0.260 e. The van der Waals surface area contributed by atoms with E-state index in [-0.39, 0.29) is 12.5 Å². The highest BCUT2D eigenvalue weighted by Crippen LogP contribution is 2.27. The molecule has 20 heavy (non-hydrogen) atoms. The number of amides is 1. The molecule has 1 saturated heterocycles. The van der Waals surface area contributed by atoms with Crippen LogP contribution in [0.15, 0.2) is 18.2 Å². The van der Waals surface area contributed by atoms with Crippen molar-refractivity contribution >= 4 is 5.91 Å². The number of ether oxygens (including phenoxy) is 2. The molecule has 5 nitrogen and oxygen atoms in total. The minimum Gasteiger partial charge on any atom is -0.493 e. The van der Waals surface area contributed by atoms with Gasteiger partial charge in [0.05, 0.1) is 18.7 Å². The van der Waals surface area contributed by atoms with Crippen molar-refractivity contribution in [3.8, 4) is 17.6 Å². The van der Waals surface area contributed by atoms with Gasteiger partial charge in [0.15, 0.2) is 18.1 Å². The smallest absolute Gasteiger partial charge is 0.260 e. The zero-order chi connectivity index (χ0) is 14.4. The van der Waals surface area contributed by atoms with Gasteiger partial charge in [-0.3, -0.25) is 4.79 Å². The lowest BCUT2D eigenvalue weighted by molar-refractivity contribution is -0.134. The normalized spacial score (nSPS) is 14.5. The molecule has 0 aliphatic carbocycles. The first-order valence-electron chi connectivity index (χ1n) is 6.73. The number of likely N-dealkylation sites (tertiary alicyclic amines) is 1. The van der Waals surface area contributed by atoms with Crippen molar-refractivity contribution in [2.75, 3.05) is 26.8 Å². The number of hydrogen-bond donors (Lipinski definition) is 0. The third-order valence-electron chi connectivity index (χ3n) is 3.35. The number of methoxy groups -OCH3 is 1. The Hall–Kier alpha value is -2.22. The summed E-state index contributed by atoms with van der Waals surface area (Å²) < 4.78 is 10.7.